The summed E-state index contributed by atoms with van der Waals surface area (Å²) in [6, 6.07) is 19.5. The van der Waals surface area contributed by atoms with Crippen molar-refractivity contribution in [1.29, 1.82) is 0 Å². The molecular formula is C29H31IrN2O2-. The Kier molecular flexibility index (Phi) is 8.88. The number of aliphatic hydroxyl groups excluding tert-OH is 1. The van der Waals surface area contributed by atoms with Gasteiger partial charge in [0.1, 0.15) is 5.76 Å². The van der Waals surface area contributed by atoms with Crippen molar-refractivity contribution >= 4 is 27.3 Å². The van der Waals surface area contributed by atoms with E-state index in [9.17, 15) is 9.90 Å². The zero-order chi connectivity index (χ0) is 24.2. The van der Waals surface area contributed by atoms with Crippen LogP contribution in [-0.4, -0.2) is 20.9 Å². The number of ketones is 1. The molecule has 0 bridgehead atoms. The second kappa shape index (κ2) is 11.0. The average molecular weight is 632 g/mol. The molecule has 0 unspecified atom stereocenters. The molecule has 4 rings (SSSR count). The molecule has 0 aliphatic carbocycles. The Morgan fingerprint density at radius 1 is 0.882 bits per heavy atom. The summed E-state index contributed by atoms with van der Waals surface area (Å²) >= 11 is 0. The van der Waals surface area contributed by atoms with Crippen LogP contribution < -0.4 is 0 Å². The molecule has 2 aromatic carbocycles. The van der Waals surface area contributed by atoms with Crippen LogP contribution in [0, 0.1) is 16.9 Å². The van der Waals surface area contributed by atoms with Gasteiger partial charge in [-0.05, 0) is 34.0 Å². The van der Waals surface area contributed by atoms with Gasteiger partial charge in [-0.1, -0.05) is 53.7 Å². The smallest absolute Gasteiger partial charge is 0.164 e. The summed E-state index contributed by atoms with van der Waals surface area (Å²) in [5.74, 6) is 0.104. The Morgan fingerprint density at radius 2 is 1.59 bits per heavy atom. The molecule has 0 saturated carbocycles. The molecule has 0 atom stereocenters. The van der Waals surface area contributed by atoms with Crippen molar-refractivity contribution < 1.29 is 30.0 Å². The maximum absolute atomic E-state index is 11.5. The molecule has 2 aromatic heterocycles. The summed E-state index contributed by atoms with van der Waals surface area (Å²) in [5.41, 5.74) is 1.23. The third-order valence-corrected chi connectivity index (χ3v) is 5.30. The summed E-state index contributed by atoms with van der Waals surface area (Å²) in [7, 11) is 0. The van der Waals surface area contributed by atoms with Gasteiger partial charge in [0.05, 0.1) is 0 Å². The van der Waals surface area contributed by atoms with E-state index in [1.807, 2.05) is 84.4 Å². The number of allylic oxidation sites excluding steroid dienone is 2. The molecule has 0 aliphatic rings. The minimum atomic E-state index is -0.417. The van der Waals surface area contributed by atoms with Gasteiger partial charge in [-0.15, -0.1) is 35.9 Å². The molecule has 1 radical (unpaired) electrons. The molecule has 4 nitrogen and oxygen atoms in total. The van der Waals surface area contributed by atoms with E-state index in [1.54, 1.807) is 0 Å². The molecule has 5 heteroatoms. The molecule has 0 fully saturated rings. The van der Waals surface area contributed by atoms with Gasteiger partial charge < -0.3 is 10.1 Å². The number of benzene rings is 2. The summed E-state index contributed by atoms with van der Waals surface area (Å²) in [6.07, 6.45) is 6.92. The first-order chi connectivity index (χ1) is 15.5. The minimum absolute atomic E-state index is 0. The van der Waals surface area contributed by atoms with Crippen LogP contribution in [0.3, 0.4) is 0 Å². The van der Waals surface area contributed by atoms with Gasteiger partial charge in [0.15, 0.2) is 5.78 Å². The van der Waals surface area contributed by atoms with Gasteiger partial charge in [-0.2, -0.15) is 0 Å². The second-order valence-electron chi connectivity index (χ2n) is 10.1. The summed E-state index contributed by atoms with van der Waals surface area (Å²) in [6.45, 7) is 11.1. The van der Waals surface area contributed by atoms with E-state index in [4.69, 9.17) is 0 Å². The van der Waals surface area contributed by atoms with E-state index in [1.165, 1.54) is 16.8 Å². The summed E-state index contributed by atoms with van der Waals surface area (Å²) < 4.78 is 0. The predicted octanol–water partition coefficient (Wildman–Crippen LogP) is 7.34. The Morgan fingerprint density at radius 3 is 2.21 bits per heavy atom. The van der Waals surface area contributed by atoms with Gasteiger partial charge in [0.25, 0.3) is 0 Å². The summed E-state index contributed by atoms with van der Waals surface area (Å²) in [4.78, 5) is 20.2. The number of hydrogen-bond acceptors (Lipinski definition) is 4. The van der Waals surface area contributed by atoms with Crippen LogP contribution >= 0.6 is 0 Å². The maximum Gasteiger partial charge on any atom is 0.164 e. The number of aliphatic hydroxyl groups is 1. The first kappa shape index (κ1) is 27.4. The Labute approximate surface area is 215 Å². The summed E-state index contributed by atoms with van der Waals surface area (Å²) in [5, 5.41) is 14.3. The Bertz CT molecular complexity index is 1300. The minimum Gasteiger partial charge on any atom is -0.512 e. The van der Waals surface area contributed by atoms with Gasteiger partial charge in [-0.25, -0.2) is 0 Å². The zero-order valence-corrected chi connectivity index (χ0v) is 22.9. The molecule has 179 valence electrons. The molecule has 0 spiro atoms. The van der Waals surface area contributed by atoms with Crippen LogP contribution in [-0.2, 0) is 24.9 Å². The van der Waals surface area contributed by atoms with E-state index >= 15 is 0 Å². The van der Waals surface area contributed by atoms with E-state index in [-0.39, 0.29) is 37.1 Å². The van der Waals surface area contributed by atoms with Crippen molar-refractivity contribution in [3.63, 3.8) is 0 Å². The van der Waals surface area contributed by atoms with E-state index in [0.29, 0.717) is 0 Å². The number of carbonyl (C=O) groups is 1. The van der Waals surface area contributed by atoms with Gasteiger partial charge in [0, 0.05) is 61.0 Å². The fraction of sp³-hybridized carbons (Fsp3) is 0.276. The Balaban J connectivity index is 0.000000258. The molecule has 0 aliphatic heterocycles. The molecule has 4 aromatic rings. The number of aromatic nitrogens is 2. The van der Waals surface area contributed by atoms with E-state index in [2.05, 4.69) is 40.3 Å². The monoisotopic (exact) mass is 632 g/mol. The van der Waals surface area contributed by atoms with Crippen LogP contribution in [0.4, 0.5) is 0 Å². The van der Waals surface area contributed by atoms with E-state index in [0.717, 1.165) is 22.0 Å². The van der Waals surface area contributed by atoms with Crippen LogP contribution in [0.5, 0.6) is 0 Å². The topological polar surface area (TPSA) is 63.1 Å². The van der Waals surface area contributed by atoms with Crippen molar-refractivity contribution in [1.82, 2.24) is 9.97 Å². The van der Waals surface area contributed by atoms with Crippen LogP contribution in [0.15, 0.2) is 79.0 Å². The SMILES string of the molecule is CC(C)(C)C(=O)/C=C(\O)C(C)(C)C.[Ir].[c-]1ccccc1-c1nccc2c1ccc1cnccc12. The number of rotatable bonds is 2. The molecular weight excluding hydrogens is 601 g/mol. The fourth-order valence-electron chi connectivity index (χ4n) is 3.15. The van der Waals surface area contributed by atoms with Crippen molar-refractivity contribution in [2.75, 3.05) is 0 Å². The molecule has 2 heterocycles. The number of pyridine rings is 2. The van der Waals surface area contributed by atoms with Crippen LogP contribution in [0.1, 0.15) is 41.5 Å². The second-order valence-corrected chi connectivity index (χ2v) is 10.1. The van der Waals surface area contributed by atoms with Crippen LogP contribution in [0.25, 0.3) is 32.8 Å². The fourth-order valence-corrected chi connectivity index (χ4v) is 3.15. The number of nitrogens with zero attached hydrogens (tertiary/aromatic N) is 2. The molecule has 0 amide bonds. The normalized spacial score (nSPS) is 12.0. The third kappa shape index (κ3) is 6.59. The predicted molar refractivity (Wildman–Crippen MR) is 136 cm³/mol. The molecule has 34 heavy (non-hydrogen) atoms. The number of hydrogen-bond donors (Lipinski definition) is 1. The first-order valence-corrected chi connectivity index (χ1v) is 11.0. The van der Waals surface area contributed by atoms with Crippen molar-refractivity contribution in [2.45, 2.75) is 41.5 Å². The molecule has 0 saturated heterocycles. The average Bonchev–Trinajstić information content (AvgIpc) is 2.78. The van der Waals surface area contributed by atoms with Gasteiger partial charge >= 0.3 is 0 Å². The maximum atomic E-state index is 11.5. The van der Waals surface area contributed by atoms with Crippen LogP contribution in [0.2, 0.25) is 0 Å². The van der Waals surface area contributed by atoms with Crippen molar-refractivity contribution in [3.05, 3.63) is 85.0 Å². The standard InChI is InChI=1S/C18H11N2.C11H20O2.Ir/c1-2-4-13(5-3-1)18-17-7-6-14-12-19-10-8-15(14)16(17)9-11-20-18;1-10(2,3)8(12)7-9(13)11(4,5)6;/h1-4,6-12H;7,12H,1-6H3;/q-1;;/b;8-7-;. The quantitative estimate of drug-likeness (QED) is 0.109. The molecule has 1 N–H and O–H groups in total. The number of carbonyl (C=O) groups excluding carboxylic acids is 1. The zero-order valence-electron chi connectivity index (χ0n) is 20.5. The van der Waals surface area contributed by atoms with Crippen molar-refractivity contribution in [2.24, 2.45) is 10.8 Å². The first-order valence-electron chi connectivity index (χ1n) is 11.0. The van der Waals surface area contributed by atoms with Crippen molar-refractivity contribution in [3.8, 4) is 11.3 Å². The third-order valence-electron chi connectivity index (χ3n) is 5.30. The van der Waals surface area contributed by atoms with E-state index < -0.39 is 5.41 Å². The largest absolute Gasteiger partial charge is 0.512 e. The Hall–Kier alpha value is -2.88. The number of fused-ring (bicyclic) bond motifs is 3. The van der Waals surface area contributed by atoms with Gasteiger partial charge in [0.2, 0.25) is 0 Å². The van der Waals surface area contributed by atoms with Gasteiger partial charge in [-0.3, -0.25) is 9.78 Å².